The molecular weight excluding hydrogens is 290 g/mol. The van der Waals surface area contributed by atoms with Gasteiger partial charge in [-0.25, -0.2) is 9.50 Å². The first-order valence-electron chi connectivity index (χ1n) is 8.02. The molecule has 0 unspecified atom stereocenters. The highest BCUT2D eigenvalue weighted by molar-refractivity contribution is 5.80. The van der Waals surface area contributed by atoms with Crippen LogP contribution in [0.2, 0.25) is 0 Å². The summed E-state index contributed by atoms with van der Waals surface area (Å²) in [5.74, 6) is 0.817. The van der Waals surface area contributed by atoms with Crippen molar-refractivity contribution in [2.75, 3.05) is 7.11 Å². The summed E-state index contributed by atoms with van der Waals surface area (Å²) < 4.78 is 6.85. The molecule has 0 fully saturated rings. The van der Waals surface area contributed by atoms with Gasteiger partial charge in [-0.05, 0) is 43.4 Å². The highest BCUT2D eigenvalue weighted by Crippen LogP contribution is 2.30. The fourth-order valence-electron chi connectivity index (χ4n) is 3.40. The summed E-state index contributed by atoms with van der Waals surface area (Å²) in [5.41, 5.74) is 5.71. The topological polar surface area (TPSA) is 59.4 Å². The number of fused-ring (bicyclic) bond motifs is 2. The molecule has 2 heterocycles. The van der Waals surface area contributed by atoms with E-state index in [2.05, 4.69) is 12.0 Å². The Morgan fingerprint density at radius 1 is 1.26 bits per heavy atom. The van der Waals surface area contributed by atoms with Gasteiger partial charge in [0.2, 0.25) is 0 Å². The highest BCUT2D eigenvalue weighted by Gasteiger charge is 2.22. The number of aromatic nitrogens is 3. The van der Waals surface area contributed by atoms with E-state index >= 15 is 0 Å². The van der Waals surface area contributed by atoms with Gasteiger partial charge in [0.25, 0.3) is 5.56 Å². The summed E-state index contributed by atoms with van der Waals surface area (Å²) in [4.78, 5) is 17.5. The van der Waals surface area contributed by atoms with Crippen LogP contribution in [0.15, 0.2) is 29.1 Å². The van der Waals surface area contributed by atoms with Crippen molar-refractivity contribution >= 4 is 5.65 Å². The zero-order chi connectivity index (χ0) is 16.0. The molecule has 0 atom stereocenters. The molecule has 1 aliphatic rings. The van der Waals surface area contributed by atoms with E-state index in [4.69, 9.17) is 9.72 Å². The number of methoxy groups -OCH3 is 1. The maximum atomic E-state index is 12.7. The number of aromatic amines is 1. The molecule has 5 nitrogen and oxygen atoms in total. The van der Waals surface area contributed by atoms with Gasteiger partial charge in [-0.15, -0.1) is 0 Å². The maximum absolute atomic E-state index is 12.7. The number of nitrogens with zero attached hydrogens (tertiary/aromatic N) is 2. The van der Waals surface area contributed by atoms with Gasteiger partial charge in [0, 0.05) is 16.8 Å². The molecule has 0 radical (unpaired) electrons. The monoisotopic (exact) mass is 309 g/mol. The van der Waals surface area contributed by atoms with E-state index in [0.29, 0.717) is 0 Å². The van der Waals surface area contributed by atoms with Crippen molar-refractivity contribution < 1.29 is 4.74 Å². The largest absolute Gasteiger partial charge is 0.497 e. The van der Waals surface area contributed by atoms with Gasteiger partial charge in [0.05, 0.1) is 12.8 Å². The Kier molecular flexibility index (Phi) is 3.22. The lowest BCUT2D eigenvalue weighted by Crippen LogP contribution is -2.20. The lowest BCUT2D eigenvalue weighted by molar-refractivity contribution is 0.415. The van der Waals surface area contributed by atoms with E-state index in [1.165, 1.54) is 0 Å². The summed E-state index contributed by atoms with van der Waals surface area (Å²) in [7, 11) is 1.66. The lowest BCUT2D eigenvalue weighted by atomic mass is 10.0. The second-order valence-electron chi connectivity index (χ2n) is 5.90. The van der Waals surface area contributed by atoms with E-state index in [-0.39, 0.29) is 5.56 Å². The van der Waals surface area contributed by atoms with Crippen LogP contribution in [0.25, 0.3) is 16.8 Å². The standard InChI is InChI=1S/C18H19N3O2/c1-3-14-16(11-7-9-12(23-2)10-8-11)17-19-15-6-4-5-13(15)18(22)21(17)20-14/h7-10,20H,3-6H2,1-2H3. The summed E-state index contributed by atoms with van der Waals surface area (Å²) >= 11 is 0. The first-order chi connectivity index (χ1) is 11.2. The number of rotatable bonds is 3. The third-order valence-electron chi connectivity index (χ3n) is 4.61. The average molecular weight is 309 g/mol. The number of aryl methyl sites for hydroxylation is 2. The first kappa shape index (κ1) is 14.1. The van der Waals surface area contributed by atoms with Crippen LogP contribution < -0.4 is 10.3 Å². The zero-order valence-electron chi connectivity index (χ0n) is 13.3. The fraction of sp³-hybridized carbons (Fsp3) is 0.333. The molecule has 1 aliphatic carbocycles. The number of hydrogen-bond donors (Lipinski definition) is 1. The van der Waals surface area contributed by atoms with Crippen LogP contribution in [0.4, 0.5) is 0 Å². The quantitative estimate of drug-likeness (QED) is 0.809. The highest BCUT2D eigenvalue weighted by atomic mass is 16.5. The van der Waals surface area contributed by atoms with E-state index in [9.17, 15) is 4.79 Å². The van der Waals surface area contributed by atoms with Gasteiger partial charge in [0.15, 0.2) is 5.65 Å². The predicted octanol–water partition coefficient (Wildman–Crippen LogP) is 2.75. The molecule has 4 rings (SSSR count). The van der Waals surface area contributed by atoms with Crippen LogP contribution in [0.3, 0.4) is 0 Å². The number of ether oxygens (including phenoxy) is 1. The summed E-state index contributed by atoms with van der Waals surface area (Å²) in [6.07, 6.45) is 3.57. The maximum Gasteiger partial charge on any atom is 0.276 e. The second-order valence-corrected chi connectivity index (χ2v) is 5.90. The van der Waals surface area contributed by atoms with Gasteiger partial charge >= 0.3 is 0 Å². The van der Waals surface area contributed by atoms with Crippen molar-refractivity contribution in [3.63, 3.8) is 0 Å². The van der Waals surface area contributed by atoms with Crippen LogP contribution >= 0.6 is 0 Å². The zero-order valence-corrected chi connectivity index (χ0v) is 13.3. The normalized spacial score (nSPS) is 13.5. The van der Waals surface area contributed by atoms with Crippen molar-refractivity contribution in [1.29, 1.82) is 0 Å². The molecule has 3 aromatic rings. The Morgan fingerprint density at radius 2 is 2.04 bits per heavy atom. The molecule has 118 valence electrons. The average Bonchev–Trinajstić information content (AvgIpc) is 3.20. The molecule has 5 heteroatoms. The predicted molar refractivity (Wildman–Crippen MR) is 89.2 cm³/mol. The van der Waals surface area contributed by atoms with E-state index in [1.807, 2.05) is 24.3 Å². The lowest BCUT2D eigenvalue weighted by Gasteiger charge is -2.05. The molecule has 2 aromatic heterocycles. The number of H-pyrrole nitrogens is 1. The molecule has 1 aromatic carbocycles. The molecule has 0 bridgehead atoms. The van der Waals surface area contributed by atoms with Gasteiger partial charge in [-0.2, -0.15) is 0 Å². The SMILES string of the molecule is CCc1[nH]n2c(=O)c3c(nc2c1-c1ccc(OC)cc1)CCC3. The first-order valence-corrected chi connectivity index (χ1v) is 8.02. The molecule has 0 saturated carbocycles. The van der Waals surface area contributed by atoms with Gasteiger partial charge in [0.1, 0.15) is 5.75 Å². The number of hydrogen-bond acceptors (Lipinski definition) is 3. The van der Waals surface area contributed by atoms with Gasteiger partial charge in [-0.3, -0.25) is 9.89 Å². The van der Waals surface area contributed by atoms with Crippen LogP contribution in [0, 0.1) is 0 Å². The van der Waals surface area contributed by atoms with Crippen molar-refractivity contribution in [2.24, 2.45) is 0 Å². The fourth-order valence-corrected chi connectivity index (χ4v) is 3.40. The van der Waals surface area contributed by atoms with Crippen LogP contribution in [-0.2, 0) is 19.3 Å². The van der Waals surface area contributed by atoms with E-state index < -0.39 is 0 Å². The molecule has 1 N–H and O–H groups in total. The number of benzene rings is 1. The number of nitrogens with one attached hydrogen (secondary N) is 1. The molecule has 0 saturated heterocycles. The molecule has 0 aliphatic heterocycles. The van der Waals surface area contributed by atoms with Gasteiger partial charge in [-0.1, -0.05) is 19.1 Å². The molecule has 0 amide bonds. The Bertz CT molecular complexity index is 936. The third-order valence-corrected chi connectivity index (χ3v) is 4.61. The summed E-state index contributed by atoms with van der Waals surface area (Å²) in [5, 5.41) is 3.25. The Morgan fingerprint density at radius 3 is 2.74 bits per heavy atom. The van der Waals surface area contributed by atoms with Crippen molar-refractivity contribution in [3.05, 3.63) is 51.6 Å². The van der Waals surface area contributed by atoms with Crippen LogP contribution in [0.1, 0.15) is 30.3 Å². The molecule has 0 spiro atoms. The molecular formula is C18H19N3O2. The van der Waals surface area contributed by atoms with Crippen molar-refractivity contribution in [1.82, 2.24) is 14.6 Å². The van der Waals surface area contributed by atoms with E-state index in [1.54, 1.807) is 11.6 Å². The van der Waals surface area contributed by atoms with Gasteiger partial charge < -0.3 is 4.74 Å². The minimum Gasteiger partial charge on any atom is -0.497 e. The summed E-state index contributed by atoms with van der Waals surface area (Å²) in [6, 6.07) is 7.90. The Hall–Kier alpha value is -2.56. The minimum atomic E-state index is 0.0527. The smallest absolute Gasteiger partial charge is 0.276 e. The van der Waals surface area contributed by atoms with E-state index in [0.717, 1.165) is 65.2 Å². The Balaban J connectivity index is 2.01. The third kappa shape index (κ3) is 2.07. The summed E-state index contributed by atoms with van der Waals surface area (Å²) in [6.45, 7) is 2.08. The minimum absolute atomic E-state index is 0.0527. The second kappa shape index (κ2) is 5.26. The van der Waals surface area contributed by atoms with Crippen LogP contribution in [-0.4, -0.2) is 21.7 Å². The van der Waals surface area contributed by atoms with Crippen LogP contribution in [0.5, 0.6) is 5.75 Å². The molecule has 23 heavy (non-hydrogen) atoms. The Labute approximate surface area is 133 Å². The van der Waals surface area contributed by atoms with Crippen molar-refractivity contribution in [2.45, 2.75) is 32.6 Å². The van der Waals surface area contributed by atoms with Crippen molar-refractivity contribution in [3.8, 4) is 16.9 Å².